The molecule has 358 valence electrons. The lowest BCUT2D eigenvalue weighted by molar-refractivity contribution is 0.401. The fourth-order valence-corrected chi connectivity index (χ4v) is 13.7. The summed E-state index contributed by atoms with van der Waals surface area (Å²) < 4.78 is 0. The minimum atomic E-state index is -0.00188. The van der Waals surface area contributed by atoms with Gasteiger partial charge in [-0.15, -0.1) is 0 Å². The second kappa shape index (κ2) is 25.1. The average molecular weight is 1160 g/mol. The molecule has 0 unspecified atom stereocenters. The highest BCUT2D eigenvalue weighted by atomic mass is 79.9. The van der Waals surface area contributed by atoms with Crippen LogP contribution in [0.2, 0.25) is 0 Å². The van der Waals surface area contributed by atoms with E-state index in [9.17, 15) is 0 Å². The Bertz CT molecular complexity index is 2540. The number of alkyl halides is 4. The fourth-order valence-electron chi connectivity index (χ4n) is 12.1. The van der Waals surface area contributed by atoms with Gasteiger partial charge in [0.2, 0.25) is 0 Å². The molecule has 0 radical (unpaired) electrons. The van der Waals surface area contributed by atoms with E-state index in [4.69, 9.17) is 0 Å². The molecule has 0 N–H and O–H groups in total. The Morgan fingerprint density at radius 3 is 0.941 bits per heavy atom. The zero-order valence-electron chi connectivity index (χ0n) is 41.0. The van der Waals surface area contributed by atoms with E-state index in [2.05, 4.69) is 199 Å². The molecule has 4 heteroatoms. The molecule has 8 rings (SSSR count). The average Bonchev–Trinajstić information content (AvgIpc) is 3.78. The van der Waals surface area contributed by atoms with E-state index in [0.717, 1.165) is 21.3 Å². The predicted octanol–water partition coefficient (Wildman–Crippen LogP) is 21.2. The molecule has 2 aliphatic rings. The lowest BCUT2D eigenvalue weighted by Gasteiger charge is -2.33. The highest BCUT2D eigenvalue weighted by Gasteiger charge is 2.44. The Labute approximate surface area is 444 Å². The number of hydrogen-bond donors (Lipinski definition) is 0. The van der Waals surface area contributed by atoms with Gasteiger partial charge in [-0.25, -0.2) is 0 Å². The van der Waals surface area contributed by atoms with Gasteiger partial charge in [-0.1, -0.05) is 255 Å². The van der Waals surface area contributed by atoms with Gasteiger partial charge in [0.25, 0.3) is 0 Å². The fraction of sp³-hybridized carbons (Fsp3) is 0.438. The molecule has 68 heavy (non-hydrogen) atoms. The molecule has 0 nitrogen and oxygen atoms in total. The van der Waals surface area contributed by atoms with Gasteiger partial charge < -0.3 is 0 Å². The van der Waals surface area contributed by atoms with E-state index in [-0.39, 0.29) is 10.8 Å². The van der Waals surface area contributed by atoms with Crippen molar-refractivity contribution in [1.29, 1.82) is 0 Å². The third-order valence-electron chi connectivity index (χ3n) is 15.7. The smallest absolute Gasteiger partial charge is 0.0215 e. The van der Waals surface area contributed by atoms with Gasteiger partial charge in [-0.3, -0.25) is 0 Å². The van der Waals surface area contributed by atoms with E-state index >= 15 is 0 Å². The number of fused-ring (bicyclic) bond motifs is 6. The number of rotatable bonds is 27. The van der Waals surface area contributed by atoms with Gasteiger partial charge >= 0.3 is 0 Å². The molecule has 6 aromatic rings. The van der Waals surface area contributed by atoms with Gasteiger partial charge in [0.05, 0.1) is 0 Å². The van der Waals surface area contributed by atoms with Gasteiger partial charge in [0.1, 0.15) is 0 Å². The summed E-state index contributed by atoms with van der Waals surface area (Å²) >= 11 is 14.8. The van der Waals surface area contributed by atoms with Gasteiger partial charge in [0, 0.05) is 32.2 Å². The van der Waals surface area contributed by atoms with E-state index in [0.29, 0.717) is 0 Å². The van der Waals surface area contributed by atoms with Crippen molar-refractivity contribution in [2.75, 3.05) is 21.3 Å². The molecule has 0 fully saturated rings. The summed E-state index contributed by atoms with van der Waals surface area (Å²) in [6.07, 6.45) is 25.3. The quantitative estimate of drug-likeness (QED) is 0.0356. The van der Waals surface area contributed by atoms with E-state index in [1.165, 1.54) is 195 Å². The van der Waals surface area contributed by atoms with Crippen molar-refractivity contribution in [3.63, 3.8) is 0 Å². The van der Waals surface area contributed by atoms with Crippen molar-refractivity contribution in [3.8, 4) is 55.6 Å². The molecule has 6 aromatic carbocycles. The highest BCUT2D eigenvalue weighted by Crippen LogP contribution is 2.57. The second-order valence-electron chi connectivity index (χ2n) is 20.4. The van der Waals surface area contributed by atoms with Crippen molar-refractivity contribution in [1.82, 2.24) is 0 Å². The normalized spacial score (nSPS) is 13.9. The van der Waals surface area contributed by atoms with E-state index < -0.39 is 0 Å². The monoisotopic (exact) mass is 1160 g/mol. The van der Waals surface area contributed by atoms with Crippen LogP contribution in [0.15, 0.2) is 121 Å². The molecule has 2 aliphatic carbocycles. The Morgan fingerprint density at radius 1 is 0.279 bits per heavy atom. The van der Waals surface area contributed by atoms with Crippen molar-refractivity contribution < 1.29 is 0 Å². The zero-order chi connectivity index (χ0) is 47.4. The van der Waals surface area contributed by atoms with Crippen molar-refractivity contribution in [2.45, 2.75) is 153 Å². The first kappa shape index (κ1) is 51.6. The number of aryl methyl sites for hydroxylation is 2. The second-order valence-corrected chi connectivity index (χ2v) is 23.5. The maximum absolute atomic E-state index is 3.71. The highest BCUT2D eigenvalue weighted by molar-refractivity contribution is 9.09. The molecule has 0 spiro atoms. The van der Waals surface area contributed by atoms with Gasteiger partial charge in [0.15, 0.2) is 0 Å². The summed E-state index contributed by atoms with van der Waals surface area (Å²) in [5.41, 5.74) is 22.8. The van der Waals surface area contributed by atoms with Gasteiger partial charge in [-0.2, -0.15) is 0 Å². The third-order valence-corrected chi connectivity index (χ3v) is 18.0. The summed E-state index contributed by atoms with van der Waals surface area (Å²) in [4.78, 5) is 0. The minimum Gasteiger partial charge on any atom is -0.0928 e. The Kier molecular flexibility index (Phi) is 19.0. The van der Waals surface area contributed by atoms with Crippen LogP contribution < -0.4 is 0 Å². The summed E-state index contributed by atoms with van der Waals surface area (Å²) in [5.74, 6) is 0. The lowest BCUT2D eigenvalue weighted by Crippen LogP contribution is -2.25. The van der Waals surface area contributed by atoms with Crippen LogP contribution >= 0.6 is 63.7 Å². The van der Waals surface area contributed by atoms with Crippen LogP contribution in [0, 0.1) is 13.8 Å². The molecular formula is C64H74Br4. The van der Waals surface area contributed by atoms with Gasteiger partial charge in [-0.05, 0) is 161 Å². The predicted molar refractivity (Wildman–Crippen MR) is 312 cm³/mol. The van der Waals surface area contributed by atoms with Crippen molar-refractivity contribution >= 4 is 63.7 Å². The molecular weight excluding hydrogens is 1090 g/mol. The van der Waals surface area contributed by atoms with E-state index in [1.54, 1.807) is 22.3 Å². The number of halogens is 4. The van der Waals surface area contributed by atoms with Crippen LogP contribution in [0.1, 0.15) is 162 Å². The van der Waals surface area contributed by atoms with Crippen molar-refractivity contribution in [2.24, 2.45) is 0 Å². The van der Waals surface area contributed by atoms with Crippen LogP contribution in [-0.4, -0.2) is 21.3 Å². The maximum atomic E-state index is 3.71. The van der Waals surface area contributed by atoms with Crippen molar-refractivity contribution in [3.05, 3.63) is 155 Å². The minimum absolute atomic E-state index is 0.00188. The molecule has 0 heterocycles. The van der Waals surface area contributed by atoms with E-state index in [1.807, 2.05) is 0 Å². The molecule has 0 aromatic heterocycles. The third kappa shape index (κ3) is 11.6. The first-order valence-corrected chi connectivity index (χ1v) is 30.8. The topological polar surface area (TPSA) is 0 Å². The first-order valence-electron chi connectivity index (χ1n) is 26.3. The maximum Gasteiger partial charge on any atom is 0.0215 e. The molecule has 0 saturated carbocycles. The summed E-state index contributed by atoms with van der Waals surface area (Å²) in [7, 11) is 0. The summed E-state index contributed by atoms with van der Waals surface area (Å²) in [6, 6.07) is 48.4. The molecule has 0 aliphatic heterocycles. The Morgan fingerprint density at radius 2 is 0.574 bits per heavy atom. The van der Waals surface area contributed by atoms with Crippen LogP contribution in [0.4, 0.5) is 0 Å². The van der Waals surface area contributed by atoms with Crippen LogP contribution in [-0.2, 0) is 10.8 Å². The lowest BCUT2D eigenvalue weighted by atomic mass is 9.70. The summed E-state index contributed by atoms with van der Waals surface area (Å²) in [5, 5.41) is 4.39. The summed E-state index contributed by atoms with van der Waals surface area (Å²) in [6.45, 7) is 4.50. The number of benzene rings is 6. The molecule has 0 saturated heterocycles. The zero-order valence-corrected chi connectivity index (χ0v) is 47.4. The van der Waals surface area contributed by atoms with Crippen LogP contribution in [0.5, 0.6) is 0 Å². The Hall–Kier alpha value is -2.76. The Balaban J connectivity index is 1.14. The SMILES string of the molecule is Cc1cccc(-c2ccc3c(c2)C(CCCCCCBr)(CCCCCCBr)c2cc(-c4ccc(-c5ccc6c(c5)C(CCCCCCBr)(CCCCCCBr)c5cc(C)ccc5-6)cc4)ccc2-3)c1. The largest absolute Gasteiger partial charge is 0.0928 e. The van der Waals surface area contributed by atoms with Crippen LogP contribution in [0.3, 0.4) is 0 Å². The molecule has 0 atom stereocenters. The number of unbranched alkanes of at least 4 members (excludes halogenated alkanes) is 12. The van der Waals surface area contributed by atoms with Crippen LogP contribution in [0.25, 0.3) is 55.6 Å². The number of hydrogen-bond acceptors (Lipinski definition) is 0. The first-order chi connectivity index (χ1) is 33.4. The molecule has 0 bridgehead atoms. The molecule has 0 amide bonds. The standard InChI is InChI=1S/C64H74Br4/c1-47-20-19-21-51(42-47)54-29-33-58-57-32-28-53(45-61(57)64(62(58)46-54,36-13-5-9-17-40-67)37-14-6-10-18-41-68)50-25-23-49(24-26-50)52-27-31-56-55-30-22-48(2)43-59(55)63(60(56)44-52,34-11-3-7-15-38-65)35-12-4-8-16-39-66/h19-33,42-46H,3-18,34-41H2,1-2H3.